The van der Waals surface area contributed by atoms with E-state index in [2.05, 4.69) is 4.72 Å². The standard InChI is InChI=1S/C15H16NO3S.Li/c1-12-3-9-15(10-4-12)20(17,18)16-11-13-5-7-14(19-2)8-6-13;/h3-10H,11H2,1-2H3;/q-1;+1. The van der Waals surface area contributed by atoms with Gasteiger partial charge in [-0.1, -0.05) is 35.4 Å². The largest absolute Gasteiger partial charge is 1.00 e. The van der Waals surface area contributed by atoms with Crippen LogP contribution in [0.2, 0.25) is 0 Å². The summed E-state index contributed by atoms with van der Waals surface area (Å²) in [5.41, 5.74) is 1.83. The predicted octanol–water partition coefficient (Wildman–Crippen LogP) is 0.270. The molecule has 0 bridgehead atoms. The van der Waals surface area contributed by atoms with E-state index in [1.165, 1.54) is 0 Å². The Balaban J connectivity index is 0.00000220. The van der Waals surface area contributed by atoms with Crippen LogP contribution in [-0.2, 0) is 16.6 Å². The summed E-state index contributed by atoms with van der Waals surface area (Å²) >= 11 is 0. The summed E-state index contributed by atoms with van der Waals surface area (Å²) in [7, 11) is -2.01. The van der Waals surface area contributed by atoms with E-state index < -0.39 is 10.0 Å². The maximum atomic E-state index is 12.0. The summed E-state index contributed by atoms with van der Waals surface area (Å²) < 4.78 is 33.0. The molecule has 2 aromatic rings. The van der Waals surface area contributed by atoms with Crippen LogP contribution in [0.4, 0.5) is 0 Å². The first-order valence-electron chi connectivity index (χ1n) is 6.14. The van der Waals surface area contributed by atoms with E-state index in [1.807, 2.05) is 6.92 Å². The third-order valence-corrected chi connectivity index (χ3v) is 4.23. The van der Waals surface area contributed by atoms with Crippen molar-refractivity contribution in [1.82, 2.24) is 0 Å². The van der Waals surface area contributed by atoms with Gasteiger partial charge in [-0.2, -0.15) is 0 Å². The predicted molar refractivity (Wildman–Crippen MR) is 78.4 cm³/mol. The first kappa shape index (κ1) is 17.8. The zero-order chi connectivity index (χ0) is 14.6. The molecule has 0 aliphatic carbocycles. The number of hydrogen-bond acceptors (Lipinski definition) is 3. The van der Waals surface area contributed by atoms with Crippen molar-refractivity contribution < 1.29 is 32.0 Å². The molecular weight excluding hydrogens is 281 g/mol. The number of benzene rings is 2. The van der Waals surface area contributed by atoms with Crippen LogP contribution in [0.25, 0.3) is 4.72 Å². The van der Waals surface area contributed by atoms with Crippen LogP contribution < -0.4 is 23.6 Å². The molecular formula is C15H16LiNO3S. The maximum absolute atomic E-state index is 12.0. The molecule has 0 heterocycles. The first-order chi connectivity index (χ1) is 9.51. The molecule has 2 rings (SSSR count). The average molecular weight is 297 g/mol. The summed E-state index contributed by atoms with van der Waals surface area (Å²) in [5, 5.41) is 0. The average Bonchev–Trinajstić information content (AvgIpc) is 2.46. The first-order valence-corrected chi connectivity index (χ1v) is 7.58. The molecule has 21 heavy (non-hydrogen) atoms. The molecule has 0 unspecified atom stereocenters. The minimum Gasteiger partial charge on any atom is -0.541 e. The van der Waals surface area contributed by atoms with E-state index in [0.717, 1.165) is 16.9 Å². The van der Waals surface area contributed by atoms with Crippen LogP contribution in [0, 0.1) is 6.92 Å². The van der Waals surface area contributed by atoms with E-state index in [9.17, 15) is 8.42 Å². The molecule has 0 saturated carbocycles. The van der Waals surface area contributed by atoms with E-state index in [4.69, 9.17) is 4.74 Å². The van der Waals surface area contributed by atoms with Gasteiger partial charge in [-0.3, -0.25) is 0 Å². The fraction of sp³-hybridized carbons (Fsp3) is 0.200. The minimum atomic E-state index is -3.60. The molecule has 0 saturated heterocycles. The zero-order valence-corrected chi connectivity index (χ0v) is 13.2. The van der Waals surface area contributed by atoms with Crippen molar-refractivity contribution >= 4 is 10.0 Å². The summed E-state index contributed by atoms with van der Waals surface area (Å²) in [6.45, 7) is 2.03. The second kappa shape index (κ2) is 7.67. The Hall–Kier alpha value is -1.25. The number of rotatable bonds is 5. The van der Waals surface area contributed by atoms with Crippen LogP contribution >= 0.6 is 0 Å². The SMILES string of the molecule is COc1ccc(C[N-]S(=O)(=O)c2ccc(C)cc2)cc1.[Li+]. The van der Waals surface area contributed by atoms with Crippen LogP contribution in [0.5, 0.6) is 5.75 Å². The monoisotopic (exact) mass is 297 g/mol. The van der Waals surface area contributed by atoms with Gasteiger partial charge in [0.1, 0.15) is 15.8 Å². The van der Waals surface area contributed by atoms with Gasteiger partial charge in [-0.05, 0) is 31.2 Å². The number of ether oxygens (including phenoxy) is 1. The molecule has 0 aliphatic heterocycles. The van der Waals surface area contributed by atoms with Gasteiger partial charge in [-0.25, -0.2) is 8.42 Å². The molecule has 0 radical (unpaired) electrons. The van der Waals surface area contributed by atoms with E-state index >= 15 is 0 Å². The van der Waals surface area contributed by atoms with Crippen molar-refractivity contribution in [3.05, 3.63) is 64.4 Å². The molecule has 6 heteroatoms. The Morgan fingerprint density at radius 3 is 2.10 bits per heavy atom. The number of sulfonamides is 1. The second-order valence-corrected chi connectivity index (χ2v) is 6.10. The van der Waals surface area contributed by atoms with Gasteiger partial charge in [-0.15, -0.1) is 6.54 Å². The van der Waals surface area contributed by atoms with E-state index in [-0.39, 0.29) is 30.3 Å². The summed E-state index contributed by atoms with van der Waals surface area (Å²) in [4.78, 5) is 0.219. The quantitative estimate of drug-likeness (QED) is 0.744. The van der Waals surface area contributed by atoms with E-state index in [0.29, 0.717) is 0 Å². The summed E-state index contributed by atoms with van der Waals surface area (Å²) in [5.74, 6) is 0.732. The Morgan fingerprint density at radius 1 is 1.00 bits per heavy atom. The molecule has 0 amide bonds. The Labute approximate surface area is 137 Å². The molecule has 0 atom stereocenters. The molecule has 4 nitrogen and oxygen atoms in total. The van der Waals surface area contributed by atoms with Crippen molar-refractivity contribution in [3.63, 3.8) is 0 Å². The molecule has 0 spiro atoms. The fourth-order valence-electron chi connectivity index (χ4n) is 1.68. The van der Waals surface area contributed by atoms with Crippen LogP contribution in [0.15, 0.2) is 53.4 Å². The van der Waals surface area contributed by atoms with E-state index in [1.54, 1.807) is 55.6 Å². The maximum Gasteiger partial charge on any atom is 1.00 e. The summed E-state index contributed by atoms with van der Waals surface area (Å²) in [6, 6.07) is 13.8. The van der Waals surface area contributed by atoms with Crippen LogP contribution in [-0.4, -0.2) is 15.5 Å². The third kappa shape index (κ3) is 4.90. The fourth-order valence-corrected chi connectivity index (χ4v) is 2.62. The van der Waals surface area contributed by atoms with Crippen LogP contribution in [0.1, 0.15) is 11.1 Å². The van der Waals surface area contributed by atoms with Gasteiger partial charge in [0.05, 0.1) is 7.11 Å². The van der Waals surface area contributed by atoms with Crippen LogP contribution in [0.3, 0.4) is 0 Å². The van der Waals surface area contributed by atoms with Crippen molar-refractivity contribution in [1.29, 1.82) is 0 Å². The Kier molecular flexibility index (Phi) is 6.50. The topological polar surface area (TPSA) is 57.5 Å². The van der Waals surface area contributed by atoms with Crippen molar-refractivity contribution in [2.24, 2.45) is 0 Å². The summed E-state index contributed by atoms with van der Waals surface area (Å²) in [6.07, 6.45) is 0. The van der Waals surface area contributed by atoms with Gasteiger partial charge in [0, 0.05) is 4.90 Å². The van der Waals surface area contributed by atoms with Gasteiger partial charge in [0.15, 0.2) is 0 Å². The third-order valence-electron chi connectivity index (χ3n) is 2.89. The number of methoxy groups -OCH3 is 1. The van der Waals surface area contributed by atoms with Crippen molar-refractivity contribution in [2.45, 2.75) is 18.4 Å². The molecule has 0 N–H and O–H groups in total. The molecule has 106 valence electrons. The molecule has 2 aromatic carbocycles. The number of nitrogens with zero attached hydrogens (tertiary/aromatic N) is 1. The molecule has 0 fully saturated rings. The zero-order valence-electron chi connectivity index (χ0n) is 12.4. The normalized spacial score (nSPS) is 10.8. The van der Waals surface area contributed by atoms with Gasteiger partial charge < -0.3 is 9.46 Å². The van der Waals surface area contributed by atoms with Crippen molar-refractivity contribution in [2.75, 3.05) is 7.11 Å². The molecule has 0 aliphatic rings. The Morgan fingerprint density at radius 2 is 1.57 bits per heavy atom. The second-order valence-electron chi connectivity index (χ2n) is 4.42. The van der Waals surface area contributed by atoms with Gasteiger partial charge >= 0.3 is 18.9 Å². The van der Waals surface area contributed by atoms with Gasteiger partial charge in [0.25, 0.3) is 0 Å². The number of hydrogen-bond donors (Lipinski definition) is 0. The number of aryl methyl sites for hydroxylation is 1. The Bertz CT molecular complexity index is 667. The minimum absolute atomic E-state index is 0. The molecule has 0 aromatic heterocycles. The van der Waals surface area contributed by atoms with Gasteiger partial charge in [0.2, 0.25) is 0 Å². The van der Waals surface area contributed by atoms with Crippen molar-refractivity contribution in [3.8, 4) is 5.75 Å². The smallest absolute Gasteiger partial charge is 0.541 e.